The minimum Gasteiger partial charge on any atom is -0.251 e. The summed E-state index contributed by atoms with van der Waals surface area (Å²) >= 11 is 5.80. The average Bonchev–Trinajstić information content (AvgIpc) is 2.70. The van der Waals surface area contributed by atoms with Crippen molar-refractivity contribution in [1.29, 1.82) is 0 Å². The second kappa shape index (κ2) is 10.6. The largest absolute Gasteiger partial charge is 0.251 e. The summed E-state index contributed by atoms with van der Waals surface area (Å²) in [7, 11) is 0. The first kappa shape index (κ1) is 20.8. The Bertz CT molecular complexity index is 596. The summed E-state index contributed by atoms with van der Waals surface area (Å²) < 4.78 is 25.9. The highest BCUT2D eigenvalue weighted by atomic mass is 35.5. The first-order chi connectivity index (χ1) is 13.2. The summed E-state index contributed by atoms with van der Waals surface area (Å²) in [6.45, 7) is -0.235. The van der Waals surface area contributed by atoms with E-state index < -0.39 is 0 Å². The van der Waals surface area contributed by atoms with E-state index in [2.05, 4.69) is 6.08 Å². The summed E-state index contributed by atoms with van der Waals surface area (Å²) in [6.07, 6.45) is 17.7. The molecular weight excluding hydrogens is 362 g/mol. The number of alkyl halides is 1. The van der Waals surface area contributed by atoms with Crippen LogP contribution in [0, 0.1) is 23.6 Å². The number of halogens is 3. The molecule has 0 aliphatic heterocycles. The monoisotopic (exact) mass is 394 g/mol. The molecule has 150 valence electrons. The standard InChI is InChI=1S/C24H33ClF2/c25-23-15-14-22(17-24(23)27)21-12-10-20(11-13-21)9-8-19-6-4-18(5-7-19)3-1-2-16-26/h1,3,14-15,17-21H,2,4-13,16H2/t18-,19-,20-,21-. The molecule has 0 aromatic heterocycles. The SMILES string of the molecule is FCCC=C[C@H]1CC[C@H](CC[C@H]2CC[C@H](c3ccc(Cl)c(F)c3)CC2)CC1. The Morgan fingerprint density at radius 2 is 1.56 bits per heavy atom. The fraction of sp³-hybridized carbons (Fsp3) is 0.667. The smallest absolute Gasteiger partial charge is 0.142 e. The molecule has 3 heteroatoms. The fourth-order valence-corrected chi connectivity index (χ4v) is 5.16. The third-order valence-electron chi connectivity index (χ3n) is 6.82. The highest BCUT2D eigenvalue weighted by Crippen LogP contribution is 2.40. The number of allylic oxidation sites excluding steroid dienone is 2. The quantitative estimate of drug-likeness (QED) is 0.408. The number of hydrogen-bond donors (Lipinski definition) is 0. The van der Waals surface area contributed by atoms with E-state index >= 15 is 0 Å². The Labute approximate surface area is 168 Å². The Balaban J connectivity index is 1.35. The summed E-state index contributed by atoms with van der Waals surface area (Å²) in [4.78, 5) is 0. The molecule has 0 heterocycles. The van der Waals surface area contributed by atoms with Gasteiger partial charge in [-0.1, -0.05) is 42.7 Å². The van der Waals surface area contributed by atoms with E-state index in [1.54, 1.807) is 12.1 Å². The van der Waals surface area contributed by atoms with Gasteiger partial charge in [-0.2, -0.15) is 0 Å². The molecule has 1 aromatic rings. The summed E-state index contributed by atoms with van der Waals surface area (Å²) in [5.74, 6) is 2.63. The van der Waals surface area contributed by atoms with Crippen LogP contribution in [0.25, 0.3) is 0 Å². The molecule has 0 unspecified atom stereocenters. The van der Waals surface area contributed by atoms with Gasteiger partial charge < -0.3 is 0 Å². The molecule has 0 bridgehead atoms. The third kappa shape index (κ3) is 6.31. The van der Waals surface area contributed by atoms with Crippen LogP contribution in [0.1, 0.15) is 82.1 Å². The maximum absolute atomic E-state index is 13.7. The van der Waals surface area contributed by atoms with Gasteiger partial charge in [-0.3, -0.25) is 4.39 Å². The Morgan fingerprint density at radius 1 is 0.926 bits per heavy atom. The normalized spacial score (nSPS) is 29.3. The average molecular weight is 395 g/mol. The van der Waals surface area contributed by atoms with Gasteiger partial charge >= 0.3 is 0 Å². The van der Waals surface area contributed by atoms with Crippen molar-refractivity contribution in [2.45, 2.75) is 76.5 Å². The predicted octanol–water partition coefficient (Wildman–Crippen LogP) is 8.26. The van der Waals surface area contributed by atoms with Crippen LogP contribution in [0.2, 0.25) is 5.02 Å². The van der Waals surface area contributed by atoms with Crippen molar-refractivity contribution in [3.63, 3.8) is 0 Å². The topological polar surface area (TPSA) is 0 Å². The van der Waals surface area contributed by atoms with E-state index in [4.69, 9.17) is 11.6 Å². The van der Waals surface area contributed by atoms with Crippen molar-refractivity contribution in [2.24, 2.45) is 17.8 Å². The summed E-state index contributed by atoms with van der Waals surface area (Å²) in [5, 5.41) is 0.222. The van der Waals surface area contributed by atoms with Gasteiger partial charge in [0, 0.05) is 0 Å². The van der Waals surface area contributed by atoms with E-state index in [9.17, 15) is 8.78 Å². The van der Waals surface area contributed by atoms with E-state index in [0.717, 1.165) is 17.4 Å². The molecule has 0 radical (unpaired) electrons. The maximum Gasteiger partial charge on any atom is 0.142 e. The van der Waals surface area contributed by atoms with Crippen molar-refractivity contribution in [3.8, 4) is 0 Å². The zero-order valence-corrected chi connectivity index (χ0v) is 17.1. The highest BCUT2D eigenvalue weighted by molar-refractivity contribution is 6.30. The summed E-state index contributed by atoms with van der Waals surface area (Å²) in [6, 6.07) is 5.33. The summed E-state index contributed by atoms with van der Waals surface area (Å²) in [5.41, 5.74) is 1.12. The van der Waals surface area contributed by atoms with Gasteiger partial charge in [0.05, 0.1) is 11.7 Å². The molecular formula is C24H33ClF2. The van der Waals surface area contributed by atoms with E-state index in [1.807, 2.05) is 12.1 Å². The van der Waals surface area contributed by atoms with Gasteiger partial charge in [-0.05, 0) is 99.2 Å². The molecule has 27 heavy (non-hydrogen) atoms. The lowest BCUT2D eigenvalue weighted by Gasteiger charge is -2.31. The van der Waals surface area contributed by atoms with Crippen molar-refractivity contribution < 1.29 is 8.78 Å². The van der Waals surface area contributed by atoms with Gasteiger partial charge in [0.25, 0.3) is 0 Å². The molecule has 2 saturated carbocycles. The van der Waals surface area contributed by atoms with Crippen LogP contribution < -0.4 is 0 Å². The Morgan fingerprint density at radius 3 is 2.15 bits per heavy atom. The second-order valence-corrected chi connectivity index (χ2v) is 9.06. The molecule has 2 aliphatic rings. The van der Waals surface area contributed by atoms with Crippen LogP contribution in [-0.2, 0) is 0 Å². The van der Waals surface area contributed by atoms with Gasteiger partial charge in [-0.25, -0.2) is 4.39 Å². The number of hydrogen-bond acceptors (Lipinski definition) is 0. The Hall–Kier alpha value is -0.890. The second-order valence-electron chi connectivity index (χ2n) is 8.66. The van der Waals surface area contributed by atoms with Crippen LogP contribution in [0.3, 0.4) is 0 Å². The fourth-order valence-electron chi connectivity index (χ4n) is 5.04. The van der Waals surface area contributed by atoms with Crippen LogP contribution >= 0.6 is 11.6 Å². The zero-order chi connectivity index (χ0) is 19.1. The van der Waals surface area contributed by atoms with Gasteiger partial charge in [0.1, 0.15) is 5.82 Å². The van der Waals surface area contributed by atoms with Crippen LogP contribution in [-0.4, -0.2) is 6.67 Å². The Kier molecular flexibility index (Phi) is 8.18. The molecule has 0 saturated heterocycles. The molecule has 0 nitrogen and oxygen atoms in total. The highest BCUT2D eigenvalue weighted by Gasteiger charge is 2.25. The van der Waals surface area contributed by atoms with Gasteiger partial charge in [0.15, 0.2) is 0 Å². The molecule has 0 atom stereocenters. The lowest BCUT2D eigenvalue weighted by Crippen LogP contribution is -2.17. The molecule has 0 spiro atoms. The number of benzene rings is 1. The van der Waals surface area contributed by atoms with Gasteiger partial charge in [-0.15, -0.1) is 0 Å². The molecule has 2 fully saturated rings. The van der Waals surface area contributed by atoms with E-state index in [1.165, 1.54) is 64.2 Å². The van der Waals surface area contributed by atoms with Crippen LogP contribution in [0.4, 0.5) is 8.78 Å². The van der Waals surface area contributed by atoms with Crippen molar-refractivity contribution in [2.75, 3.05) is 6.67 Å². The first-order valence-electron chi connectivity index (χ1n) is 10.8. The first-order valence-corrected chi connectivity index (χ1v) is 11.2. The number of rotatable bonds is 7. The molecule has 1 aromatic carbocycles. The molecule has 2 aliphatic carbocycles. The molecule has 3 rings (SSSR count). The molecule has 0 amide bonds. The lowest BCUT2D eigenvalue weighted by molar-refractivity contribution is 0.246. The van der Waals surface area contributed by atoms with Crippen molar-refractivity contribution in [3.05, 3.63) is 46.8 Å². The lowest BCUT2D eigenvalue weighted by atomic mass is 9.74. The minimum absolute atomic E-state index is 0.222. The predicted molar refractivity (Wildman–Crippen MR) is 111 cm³/mol. The van der Waals surface area contributed by atoms with Gasteiger partial charge in [0.2, 0.25) is 0 Å². The van der Waals surface area contributed by atoms with Crippen molar-refractivity contribution in [1.82, 2.24) is 0 Å². The third-order valence-corrected chi connectivity index (χ3v) is 7.13. The van der Waals surface area contributed by atoms with Crippen LogP contribution in [0.5, 0.6) is 0 Å². The molecule has 0 N–H and O–H groups in total. The van der Waals surface area contributed by atoms with E-state index in [-0.39, 0.29) is 17.5 Å². The van der Waals surface area contributed by atoms with Crippen molar-refractivity contribution >= 4 is 11.6 Å². The minimum atomic E-state index is -0.286. The van der Waals surface area contributed by atoms with Crippen LogP contribution in [0.15, 0.2) is 30.4 Å². The van der Waals surface area contributed by atoms with E-state index in [0.29, 0.717) is 18.3 Å². The maximum atomic E-state index is 13.7. The zero-order valence-electron chi connectivity index (χ0n) is 16.3.